The summed E-state index contributed by atoms with van der Waals surface area (Å²) in [7, 11) is 0. The maximum Gasteiger partial charge on any atom is 0.0558 e. The van der Waals surface area contributed by atoms with Crippen LogP contribution in [0, 0.1) is 0 Å². The van der Waals surface area contributed by atoms with Gasteiger partial charge in [-0.2, -0.15) is 0 Å². The van der Waals surface area contributed by atoms with Crippen LogP contribution >= 0.6 is 0 Å². The van der Waals surface area contributed by atoms with Gasteiger partial charge in [-0.05, 0) is 19.3 Å². The third-order valence-corrected chi connectivity index (χ3v) is 3.93. The summed E-state index contributed by atoms with van der Waals surface area (Å²) >= 11 is 0. The normalized spacial score (nSPS) is 20.2. The lowest BCUT2D eigenvalue weighted by molar-refractivity contribution is 0.0736. The highest BCUT2D eigenvalue weighted by atomic mass is 16.3. The van der Waals surface area contributed by atoms with Gasteiger partial charge in [-0.25, -0.2) is 0 Å². The van der Waals surface area contributed by atoms with Crippen LogP contribution in [-0.4, -0.2) is 72.0 Å². The van der Waals surface area contributed by atoms with Gasteiger partial charge in [0.05, 0.1) is 6.61 Å². The summed E-state index contributed by atoms with van der Waals surface area (Å²) in [6.07, 6.45) is 5.84. The minimum Gasteiger partial charge on any atom is -0.396 e. The van der Waals surface area contributed by atoms with Gasteiger partial charge in [0, 0.05) is 45.4 Å². The highest BCUT2D eigenvalue weighted by molar-refractivity contribution is 4.78. The summed E-state index contributed by atoms with van der Waals surface area (Å²) in [6, 6.07) is 0.647. The monoisotopic (exact) mass is 258 g/mol. The minimum atomic E-state index is 0.268. The maximum absolute atomic E-state index is 9.00. The summed E-state index contributed by atoms with van der Waals surface area (Å²) < 4.78 is 0. The Balaban J connectivity index is 2.33. The summed E-state index contributed by atoms with van der Waals surface area (Å²) in [5.41, 5.74) is 0. The van der Waals surface area contributed by atoms with Crippen molar-refractivity contribution >= 4 is 0 Å². The topological polar surface area (TPSA) is 46.9 Å². The van der Waals surface area contributed by atoms with Crippen LogP contribution in [0.25, 0.3) is 0 Å². The van der Waals surface area contributed by atoms with Crippen molar-refractivity contribution in [2.45, 2.75) is 45.1 Å². The quantitative estimate of drug-likeness (QED) is 0.646. The Labute approximate surface area is 112 Å². The molecule has 1 heterocycles. The van der Waals surface area contributed by atoms with Gasteiger partial charge >= 0.3 is 0 Å². The fourth-order valence-electron chi connectivity index (χ4n) is 2.77. The predicted octanol–water partition coefficient (Wildman–Crippen LogP) is 0.928. The number of nitrogens with zero attached hydrogens (tertiary/aromatic N) is 2. The van der Waals surface area contributed by atoms with Crippen LogP contribution in [0.5, 0.6) is 0 Å². The molecular formula is C14H30N2O2. The molecule has 0 spiro atoms. The molecule has 0 amide bonds. The Morgan fingerprint density at radius 2 is 1.61 bits per heavy atom. The van der Waals surface area contributed by atoms with Gasteiger partial charge in [0.1, 0.15) is 0 Å². The number of hydrogen-bond acceptors (Lipinski definition) is 4. The molecule has 0 aromatic carbocycles. The van der Waals surface area contributed by atoms with Crippen molar-refractivity contribution in [1.29, 1.82) is 0 Å². The Hall–Kier alpha value is -0.160. The summed E-state index contributed by atoms with van der Waals surface area (Å²) in [4.78, 5) is 4.92. The van der Waals surface area contributed by atoms with E-state index in [1.165, 1.54) is 19.3 Å². The fourth-order valence-corrected chi connectivity index (χ4v) is 2.77. The average Bonchev–Trinajstić information content (AvgIpc) is 2.41. The standard InChI is InChI=1S/C14H30N2O2/c1-2-3-5-14(6-4-12-17)16-9-7-15(8-10-16)11-13-18/h14,17-18H,2-13H2,1H3. The van der Waals surface area contributed by atoms with Gasteiger partial charge in [0.2, 0.25) is 0 Å². The first-order chi connectivity index (χ1) is 8.81. The molecule has 0 bridgehead atoms. The maximum atomic E-state index is 9.00. The third kappa shape index (κ3) is 5.65. The Bertz CT molecular complexity index is 186. The predicted molar refractivity (Wildman–Crippen MR) is 74.7 cm³/mol. The highest BCUT2D eigenvalue weighted by Crippen LogP contribution is 2.16. The first kappa shape index (κ1) is 15.9. The number of aliphatic hydroxyl groups is 2. The molecule has 0 aromatic heterocycles. The molecule has 1 unspecified atom stereocenters. The molecule has 108 valence electrons. The molecule has 1 saturated heterocycles. The van der Waals surface area contributed by atoms with Gasteiger partial charge in [0.25, 0.3) is 0 Å². The zero-order chi connectivity index (χ0) is 13.2. The van der Waals surface area contributed by atoms with E-state index in [9.17, 15) is 0 Å². The molecule has 4 nitrogen and oxygen atoms in total. The number of piperazine rings is 1. The van der Waals surface area contributed by atoms with Crippen LogP contribution in [0.2, 0.25) is 0 Å². The van der Waals surface area contributed by atoms with E-state index < -0.39 is 0 Å². The molecule has 2 N–H and O–H groups in total. The van der Waals surface area contributed by atoms with Gasteiger partial charge in [-0.1, -0.05) is 19.8 Å². The van der Waals surface area contributed by atoms with Crippen LogP contribution in [0.1, 0.15) is 39.0 Å². The second-order valence-corrected chi connectivity index (χ2v) is 5.26. The minimum absolute atomic E-state index is 0.268. The molecule has 0 saturated carbocycles. The number of β-amino-alcohol motifs (C(OH)–C–C–N with tert-alkyl or cyclic N) is 1. The molecule has 4 heteroatoms. The molecule has 1 fully saturated rings. The van der Waals surface area contributed by atoms with Crippen molar-refractivity contribution in [2.24, 2.45) is 0 Å². The van der Waals surface area contributed by atoms with Crippen molar-refractivity contribution in [3.8, 4) is 0 Å². The lowest BCUT2D eigenvalue weighted by Gasteiger charge is -2.39. The average molecular weight is 258 g/mol. The lowest BCUT2D eigenvalue weighted by Crippen LogP contribution is -2.50. The van der Waals surface area contributed by atoms with Gasteiger partial charge in [0.15, 0.2) is 0 Å². The summed E-state index contributed by atoms with van der Waals surface area (Å²) in [5.74, 6) is 0. The van der Waals surface area contributed by atoms with E-state index in [1.807, 2.05) is 0 Å². The van der Waals surface area contributed by atoms with E-state index in [4.69, 9.17) is 10.2 Å². The molecule has 0 aromatic rings. The van der Waals surface area contributed by atoms with Crippen LogP contribution in [0.4, 0.5) is 0 Å². The lowest BCUT2D eigenvalue weighted by atomic mass is 10.0. The second-order valence-electron chi connectivity index (χ2n) is 5.26. The van der Waals surface area contributed by atoms with E-state index in [2.05, 4.69) is 16.7 Å². The number of unbranched alkanes of at least 4 members (excludes halogenated alkanes) is 1. The highest BCUT2D eigenvalue weighted by Gasteiger charge is 2.22. The van der Waals surface area contributed by atoms with E-state index in [0.29, 0.717) is 12.6 Å². The van der Waals surface area contributed by atoms with Crippen molar-refractivity contribution < 1.29 is 10.2 Å². The Kier molecular flexibility index (Phi) is 8.59. The molecule has 18 heavy (non-hydrogen) atoms. The van der Waals surface area contributed by atoms with Gasteiger partial charge in [-0.15, -0.1) is 0 Å². The van der Waals surface area contributed by atoms with Crippen LogP contribution in [0.3, 0.4) is 0 Å². The number of rotatable bonds is 9. The fraction of sp³-hybridized carbons (Fsp3) is 1.00. The van der Waals surface area contributed by atoms with Crippen molar-refractivity contribution in [3.63, 3.8) is 0 Å². The largest absolute Gasteiger partial charge is 0.396 e. The van der Waals surface area contributed by atoms with Gasteiger partial charge < -0.3 is 10.2 Å². The van der Waals surface area contributed by atoms with Crippen LogP contribution < -0.4 is 0 Å². The van der Waals surface area contributed by atoms with Crippen molar-refractivity contribution in [2.75, 3.05) is 45.9 Å². The Morgan fingerprint density at radius 3 is 2.17 bits per heavy atom. The number of hydrogen-bond donors (Lipinski definition) is 2. The molecule has 0 aliphatic carbocycles. The molecule has 0 radical (unpaired) electrons. The molecule has 1 aliphatic heterocycles. The van der Waals surface area contributed by atoms with Crippen LogP contribution in [0.15, 0.2) is 0 Å². The van der Waals surface area contributed by atoms with Crippen LogP contribution in [-0.2, 0) is 0 Å². The first-order valence-electron chi connectivity index (χ1n) is 7.50. The molecular weight excluding hydrogens is 228 g/mol. The van der Waals surface area contributed by atoms with E-state index in [1.54, 1.807) is 0 Å². The molecule has 1 aliphatic rings. The summed E-state index contributed by atoms with van der Waals surface area (Å²) in [5, 5.41) is 17.9. The van der Waals surface area contributed by atoms with Crippen molar-refractivity contribution in [1.82, 2.24) is 9.80 Å². The molecule has 1 rings (SSSR count). The zero-order valence-corrected chi connectivity index (χ0v) is 11.9. The summed E-state index contributed by atoms with van der Waals surface area (Å²) in [6.45, 7) is 7.99. The smallest absolute Gasteiger partial charge is 0.0558 e. The number of aliphatic hydroxyl groups excluding tert-OH is 2. The van der Waals surface area contributed by atoms with Gasteiger partial charge in [-0.3, -0.25) is 9.80 Å². The second kappa shape index (κ2) is 9.73. The van der Waals surface area contributed by atoms with E-state index in [0.717, 1.165) is 45.6 Å². The first-order valence-corrected chi connectivity index (χ1v) is 7.50. The SMILES string of the molecule is CCCCC(CCCO)N1CCN(CCO)CC1. The van der Waals surface area contributed by atoms with Crippen molar-refractivity contribution in [3.05, 3.63) is 0 Å². The molecule has 1 atom stereocenters. The Morgan fingerprint density at radius 1 is 0.944 bits per heavy atom. The van der Waals surface area contributed by atoms with E-state index in [-0.39, 0.29) is 6.61 Å². The third-order valence-electron chi connectivity index (χ3n) is 3.93. The zero-order valence-electron chi connectivity index (χ0n) is 11.9. The van der Waals surface area contributed by atoms with E-state index >= 15 is 0 Å².